The zero-order chi connectivity index (χ0) is 19.0. The maximum atomic E-state index is 13.3. The molecule has 1 unspecified atom stereocenters. The van der Waals surface area contributed by atoms with Gasteiger partial charge in [-0.05, 0) is 6.07 Å². The Labute approximate surface area is 153 Å². The lowest BCUT2D eigenvalue weighted by Gasteiger charge is -2.13. The Morgan fingerprint density at radius 1 is 1.19 bits per heavy atom. The average molecular weight is 369 g/mol. The lowest BCUT2D eigenvalue weighted by Crippen LogP contribution is -2.15. The number of nitrogens with zero attached hydrogens (tertiary/aromatic N) is 3. The van der Waals surface area contributed by atoms with Crippen LogP contribution in [-0.4, -0.2) is 24.6 Å². The molecule has 3 N–H and O–H groups in total. The van der Waals surface area contributed by atoms with Crippen molar-refractivity contribution in [2.75, 3.05) is 5.32 Å². The zero-order valence-corrected chi connectivity index (χ0v) is 14.4. The molecule has 4 rings (SSSR count). The molecule has 8 heteroatoms. The highest BCUT2D eigenvalue weighted by molar-refractivity contribution is 5.87. The van der Waals surface area contributed by atoms with Crippen molar-refractivity contribution in [1.29, 1.82) is 0 Å². The molecule has 3 heterocycles. The number of pyridine rings is 1. The van der Waals surface area contributed by atoms with E-state index in [4.69, 9.17) is 0 Å². The number of imidazole rings is 1. The minimum Gasteiger partial charge on any atom is -0.367 e. The molecule has 0 amide bonds. The second-order valence-electron chi connectivity index (χ2n) is 6.17. The minimum absolute atomic E-state index is 0.0273. The van der Waals surface area contributed by atoms with Crippen LogP contribution < -0.4 is 5.32 Å². The molecule has 0 fully saturated rings. The lowest BCUT2D eigenvalue weighted by atomic mass is 10.1. The molecule has 0 saturated carbocycles. The predicted molar refractivity (Wildman–Crippen MR) is 98.3 cm³/mol. The van der Waals surface area contributed by atoms with Gasteiger partial charge >= 0.3 is 0 Å². The summed E-state index contributed by atoms with van der Waals surface area (Å²) in [5, 5.41) is 13.9. The van der Waals surface area contributed by atoms with Gasteiger partial charge in [-0.15, -0.1) is 0 Å². The summed E-state index contributed by atoms with van der Waals surface area (Å²) in [6.07, 6.45) is 1.36. The number of rotatable bonds is 5. The van der Waals surface area contributed by atoms with E-state index in [1.807, 2.05) is 0 Å². The van der Waals surface area contributed by atoms with Gasteiger partial charge in [0.15, 0.2) is 12.1 Å². The number of H-pyrrole nitrogens is 1. The van der Waals surface area contributed by atoms with Crippen LogP contribution in [-0.2, 0) is 7.05 Å². The molecule has 138 valence electrons. The van der Waals surface area contributed by atoms with Gasteiger partial charge in [-0.3, -0.25) is 0 Å². The highest BCUT2D eigenvalue weighted by Crippen LogP contribution is 2.32. The molecule has 4 aromatic rings. The van der Waals surface area contributed by atoms with Gasteiger partial charge in [0, 0.05) is 53.9 Å². The van der Waals surface area contributed by atoms with E-state index in [0.29, 0.717) is 22.9 Å². The van der Waals surface area contributed by atoms with Crippen molar-refractivity contribution in [3.05, 3.63) is 66.4 Å². The van der Waals surface area contributed by atoms with E-state index in [9.17, 15) is 13.9 Å². The van der Waals surface area contributed by atoms with Gasteiger partial charge in [-0.1, -0.05) is 24.3 Å². The third kappa shape index (κ3) is 3.26. The number of aryl methyl sites for hydroxylation is 1. The quantitative estimate of drug-likeness (QED) is 0.465. The predicted octanol–water partition coefficient (Wildman–Crippen LogP) is 4.00. The number of fused-ring (bicyclic) bond motifs is 1. The third-order valence-corrected chi connectivity index (χ3v) is 4.38. The number of aliphatic hydroxyl groups is 1. The van der Waals surface area contributed by atoms with Crippen LogP contribution in [0.5, 0.6) is 0 Å². The van der Waals surface area contributed by atoms with Crippen molar-refractivity contribution in [3.63, 3.8) is 0 Å². The molecule has 0 aliphatic heterocycles. The van der Waals surface area contributed by atoms with Crippen molar-refractivity contribution in [3.8, 4) is 11.3 Å². The number of aromatic nitrogens is 4. The molecule has 0 aliphatic carbocycles. The summed E-state index contributed by atoms with van der Waals surface area (Å²) < 4.78 is 28.2. The molecule has 1 aromatic carbocycles. The Morgan fingerprint density at radius 2 is 2.00 bits per heavy atom. The molecule has 0 aliphatic rings. The second-order valence-corrected chi connectivity index (χ2v) is 6.17. The molecule has 0 spiro atoms. The molecule has 1 atom stereocenters. The third-order valence-electron chi connectivity index (χ3n) is 4.38. The van der Waals surface area contributed by atoms with Gasteiger partial charge in [-0.25, -0.2) is 18.7 Å². The fourth-order valence-corrected chi connectivity index (χ4v) is 3.03. The lowest BCUT2D eigenvalue weighted by molar-refractivity contribution is 0.152. The number of anilines is 1. The van der Waals surface area contributed by atoms with Crippen LogP contribution >= 0.6 is 0 Å². The molecule has 0 radical (unpaired) electrons. The summed E-state index contributed by atoms with van der Waals surface area (Å²) in [4.78, 5) is 11.5. The van der Waals surface area contributed by atoms with E-state index >= 15 is 0 Å². The van der Waals surface area contributed by atoms with E-state index in [1.54, 1.807) is 60.5 Å². The van der Waals surface area contributed by atoms with Gasteiger partial charge < -0.3 is 20.0 Å². The Kier molecular flexibility index (Phi) is 4.33. The van der Waals surface area contributed by atoms with Crippen LogP contribution in [0.25, 0.3) is 22.2 Å². The van der Waals surface area contributed by atoms with Crippen LogP contribution in [0, 0.1) is 0 Å². The summed E-state index contributed by atoms with van der Waals surface area (Å²) in [6.45, 7) is 0. The highest BCUT2D eigenvalue weighted by Gasteiger charge is 2.16. The number of benzene rings is 1. The van der Waals surface area contributed by atoms with Crippen LogP contribution in [0.1, 0.15) is 24.0 Å². The van der Waals surface area contributed by atoms with E-state index < -0.39 is 12.7 Å². The average Bonchev–Trinajstić information content (AvgIpc) is 3.27. The van der Waals surface area contributed by atoms with Gasteiger partial charge in [0.2, 0.25) is 0 Å². The summed E-state index contributed by atoms with van der Waals surface area (Å²) >= 11 is 0. The summed E-state index contributed by atoms with van der Waals surface area (Å²) in [5.41, 5.74) is 1.73. The summed E-state index contributed by atoms with van der Waals surface area (Å²) in [5.74, 6) is 0.892. The van der Waals surface area contributed by atoms with Crippen LogP contribution in [0.3, 0.4) is 0 Å². The standard InChI is InChI=1S/C19H17F2N5O/c1-26-7-6-22-18(26)19(27)25-16-9-14-11(10-23-16)8-15(24-14)12-4-2-3-5-13(12)17(20)21/h2-10,17,19,24,27H,1H3,(H,23,25). The maximum Gasteiger partial charge on any atom is 0.264 e. The van der Waals surface area contributed by atoms with Crippen molar-refractivity contribution < 1.29 is 13.9 Å². The smallest absolute Gasteiger partial charge is 0.264 e. The minimum atomic E-state index is -2.56. The van der Waals surface area contributed by atoms with Crippen molar-refractivity contribution in [2.45, 2.75) is 12.7 Å². The normalized spacial score (nSPS) is 12.6. The van der Waals surface area contributed by atoms with E-state index in [2.05, 4.69) is 20.3 Å². The van der Waals surface area contributed by atoms with Crippen molar-refractivity contribution in [1.82, 2.24) is 19.5 Å². The van der Waals surface area contributed by atoms with Gasteiger partial charge in [0.25, 0.3) is 6.43 Å². The number of hydrogen-bond acceptors (Lipinski definition) is 4. The monoisotopic (exact) mass is 369 g/mol. The number of aromatic amines is 1. The SMILES string of the molecule is Cn1ccnc1C(O)Nc1cc2[nH]c(-c3ccccc3C(F)F)cc2cn1. The largest absolute Gasteiger partial charge is 0.367 e. The summed E-state index contributed by atoms with van der Waals surface area (Å²) in [6, 6.07) is 9.89. The molecule has 6 nitrogen and oxygen atoms in total. The van der Waals surface area contributed by atoms with Gasteiger partial charge in [0.05, 0.1) is 5.52 Å². The molecule has 3 aromatic heterocycles. The number of aliphatic hydroxyl groups excluding tert-OH is 1. The fourth-order valence-electron chi connectivity index (χ4n) is 3.03. The number of alkyl halides is 2. The first-order valence-electron chi connectivity index (χ1n) is 8.31. The van der Waals surface area contributed by atoms with Crippen LogP contribution in [0.15, 0.2) is 55.0 Å². The summed E-state index contributed by atoms with van der Waals surface area (Å²) in [7, 11) is 1.78. The molecular weight excluding hydrogens is 352 g/mol. The number of hydrogen-bond donors (Lipinski definition) is 3. The van der Waals surface area contributed by atoms with Crippen molar-refractivity contribution in [2.24, 2.45) is 7.05 Å². The second kappa shape index (κ2) is 6.81. The molecular formula is C19H17F2N5O. The topological polar surface area (TPSA) is 78.8 Å². The Bertz CT molecular complexity index is 1090. The Balaban J connectivity index is 1.66. The first-order chi connectivity index (χ1) is 13.0. The Hall–Kier alpha value is -3.26. The molecule has 0 saturated heterocycles. The zero-order valence-electron chi connectivity index (χ0n) is 14.4. The molecule has 0 bridgehead atoms. The van der Waals surface area contributed by atoms with Gasteiger partial charge in [0.1, 0.15) is 5.82 Å². The van der Waals surface area contributed by atoms with E-state index in [1.165, 1.54) is 6.07 Å². The highest BCUT2D eigenvalue weighted by atomic mass is 19.3. The first-order valence-corrected chi connectivity index (χ1v) is 8.31. The van der Waals surface area contributed by atoms with E-state index in [0.717, 1.165) is 10.9 Å². The fraction of sp³-hybridized carbons (Fsp3) is 0.158. The van der Waals surface area contributed by atoms with Crippen molar-refractivity contribution >= 4 is 16.7 Å². The van der Waals surface area contributed by atoms with Crippen LogP contribution in [0.2, 0.25) is 0 Å². The van der Waals surface area contributed by atoms with Crippen LogP contribution in [0.4, 0.5) is 14.6 Å². The van der Waals surface area contributed by atoms with E-state index in [-0.39, 0.29) is 5.56 Å². The Morgan fingerprint density at radius 3 is 2.74 bits per heavy atom. The number of halogens is 2. The molecule has 27 heavy (non-hydrogen) atoms. The first kappa shape index (κ1) is 17.2. The maximum absolute atomic E-state index is 13.3. The van der Waals surface area contributed by atoms with Gasteiger partial charge in [-0.2, -0.15) is 0 Å². The number of nitrogens with one attached hydrogen (secondary N) is 2.